The van der Waals surface area contributed by atoms with Crippen molar-refractivity contribution in [2.75, 3.05) is 25.0 Å². The highest BCUT2D eigenvalue weighted by Gasteiger charge is 2.54. The molecule has 0 bridgehead atoms. The highest BCUT2D eigenvalue weighted by atomic mass is 19.1. The smallest absolute Gasteiger partial charge is 0.322 e. The van der Waals surface area contributed by atoms with Crippen LogP contribution in [0.4, 0.5) is 19.3 Å². The lowest BCUT2D eigenvalue weighted by Crippen LogP contribution is -2.73. The van der Waals surface area contributed by atoms with Gasteiger partial charge < -0.3 is 20.2 Å². The van der Waals surface area contributed by atoms with E-state index in [4.69, 9.17) is 0 Å². The van der Waals surface area contributed by atoms with E-state index in [0.717, 1.165) is 16.7 Å². The number of urea groups is 1. The number of aliphatic hydroxyl groups is 1. The minimum atomic E-state index is -0.480. The first kappa shape index (κ1) is 22.0. The van der Waals surface area contributed by atoms with Gasteiger partial charge in [0, 0.05) is 18.2 Å². The number of nitrogens with zero attached hydrogens (tertiary/aromatic N) is 2. The van der Waals surface area contributed by atoms with Gasteiger partial charge in [-0.2, -0.15) is 0 Å². The van der Waals surface area contributed by atoms with E-state index in [2.05, 4.69) is 5.32 Å². The van der Waals surface area contributed by atoms with Gasteiger partial charge >= 0.3 is 6.03 Å². The summed E-state index contributed by atoms with van der Waals surface area (Å²) in [5, 5.41) is 12.6. The van der Waals surface area contributed by atoms with Gasteiger partial charge in [0.15, 0.2) is 0 Å². The molecule has 3 amide bonds. The number of halogens is 2. The Balaban J connectivity index is 1.34. The van der Waals surface area contributed by atoms with Crippen molar-refractivity contribution in [3.05, 3.63) is 90.0 Å². The molecule has 2 saturated heterocycles. The van der Waals surface area contributed by atoms with Gasteiger partial charge in [0.05, 0.1) is 18.7 Å². The summed E-state index contributed by atoms with van der Waals surface area (Å²) < 4.78 is 27.0. The maximum Gasteiger partial charge on any atom is 0.322 e. The number of hydrogen-bond donors (Lipinski definition) is 2. The first-order valence-electron chi connectivity index (χ1n) is 11.0. The molecule has 2 heterocycles. The van der Waals surface area contributed by atoms with Gasteiger partial charge in [-0.25, -0.2) is 13.6 Å². The molecule has 2 aliphatic heterocycles. The van der Waals surface area contributed by atoms with E-state index in [1.54, 1.807) is 17.0 Å². The van der Waals surface area contributed by atoms with Crippen molar-refractivity contribution in [3.8, 4) is 11.1 Å². The van der Waals surface area contributed by atoms with Crippen LogP contribution >= 0.6 is 0 Å². The molecule has 174 valence electrons. The fraction of sp³-hybridized carbons (Fsp3) is 0.231. The van der Waals surface area contributed by atoms with Gasteiger partial charge in [-0.05, 0) is 47.0 Å². The van der Waals surface area contributed by atoms with Gasteiger partial charge in [0.1, 0.15) is 18.2 Å². The molecule has 3 aromatic rings. The van der Waals surface area contributed by atoms with Gasteiger partial charge in [0.25, 0.3) is 0 Å². The molecule has 2 N–H and O–H groups in total. The van der Waals surface area contributed by atoms with Crippen molar-refractivity contribution in [2.24, 2.45) is 0 Å². The van der Waals surface area contributed by atoms with E-state index in [1.807, 2.05) is 30.3 Å². The number of hydrogen-bond acceptors (Lipinski definition) is 3. The number of aliphatic hydroxyl groups excluding tert-OH is 1. The normalized spacial score (nSPS) is 21.6. The molecule has 0 aliphatic carbocycles. The zero-order valence-corrected chi connectivity index (χ0v) is 18.2. The van der Waals surface area contributed by atoms with Crippen LogP contribution < -0.4 is 5.32 Å². The first-order valence-corrected chi connectivity index (χ1v) is 11.0. The Morgan fingerprint density at radius 3 is 2.35 bits per heavy atom. The zero-order chi connectivity index (χ0) is 23.8. The fourth-order valence-electron chi connectivity index (χ4n) is 4.99. The Hall–Kier alpha value is -3.78. The molecular weight excluding hydrogens is 440 g/mol. The average Bonchev–Trinajstić information content (AvgIpc) is 2.80. The summed E-state index contributed by atoms with van der Waals surface area (Å²) in [6.45, 7) is -0.00682. The van der Waals surface area contributed by atoms with E-state index in [0.29, 0.717) is 12.2 Å². The van der Waals surface area contributed by atoms with E-state index in [9.17, 15) is 23.5 Å². The summed E-state index contributed by atoms with van der Waals surface area (Å²) in [6.07, 6.45) is 0. The number of piperazine rings is 1. The molecule has 3 atom stereocenters. The van der Waals surface area contributed by atoms with Crippen LogP contribution in [-0.2, 0) is 4.79 Å². The van der Waals surface area contributed by atoms with Crippen LogP contribution in [0.3, 0.4) is 0 Å². The van der Waals surface area contributed by atoms with Crippen molar-refractivity contribution in [1.29, 1.82) is 0 Å². The van der Waals surface area contributed by atoms with Gasteiger partial charge in [-0.1, -0.05) is 42.5 Å². The Kier molecular flexibility index (Phi) is 5.75. The maximum absolute atomic E-state index is 13.6. The van der Waals surface area contributed by atoms with E-state index < -0.39 is 11.8 Å². The highest BCUT2D eigenvalue weighted by Crippen LogP contribution is 2.43. The Labute approximate surface area is 195 Å². The second-order valence-electron chi connectivity index (χ2n) is 8.60. The molecule has 0 unspecified atom stereocenters. The molecule has 2 aliphatic rings. The summed E-state index contributed by atoms with van der Waals surface area (Å²) >= 11 is 0. The minimum absolute atomic E-state index is 0.112. The molecule has 34 heavy (non-hydrogen) atoms. The summed E-state index contributed by atoms with van der Waals surface area (Å²) in [5.41, 5.74) is 2.86. The predicted octanol–water partition coefficient (Wildman–Crippen LogP) is 3.83. The molecule has 0 spiro atoms. The summed E-state index contributed by atoms with van der Waals surface area (Å²) in [4.78, 5) is 28.6. The van der Waals surface area contributed by atoms with Crippen LogP contribution in [0.2, 0.25) is 0 Å². The molecule has 8 heteroatoms. The standard InChI is InChI=1S/C26H23F2N3O3/c27-19-4-1-3-18(11-19)16-7-9-17(10-8-16)25-22-13-30(14-24(33)31(22)23(25)15-32)26(34)29-21-6-2-5-20(28)12-21/h1-12,22-23,25,32H,13-15H2,(H,29,34)/t22-,23-,25+/m1/s1. The molecular formula is C26H23F2N3O3. The maximum atomic E-state index is 13.6. The van der Waals surface area contributed by atoms with Crippen molar-refractivity contribution in [2.45, 2.75) is 18.0 Å². The van der Waals surface area contributed by atoms with Crippen LogP contribution in [0.15, 0.2) is 72.8 Å². The van der Waals surface area contributed by atoms with Crippen molar-refractivity contribution in [3.63, 3.8) is 0 Å². The predicted molar refractivity (Wildman–Crippen MR) is 123 cm³/mol. The summed E-state index contributed by atoms with van der Waals surface area (Å²) in [6, 6.07) is 18.4. The monoisotopic (exact) mass is 463 g/mol. The number of carbonyl (C=O) groups is 2. The lowest BCUT2D eigenvalue weighted by Gasteiger charge is -2.58. The molecule has 3 aromatic carbocycles. The number of rotatable bonds is 4. The van der Waals surface area contributed by atoms with Crippen LogP contribution in [0.5, 0.6) is 0 Å². The number of benzene rings is 3. The van der Waals surface area contributed by atoms with Crippen LogP contribution in [0.25, 0.3) is 11.1 Å². The lowest BCUT2D eigenvalue weighted by atomic mass is 9.73. The van der Waals surface area contributed by atoms with Crippen molar-refractivity contribution < 1.29 is 23.5 Å². The second-order valence-corrected chi connectivity index (χ2v) is 8.60. The molecule has 0 aromatic heterocycles. The molecule has 2 fully saturated rings. The van der Waals surface area contributed by atoms with E-state index in [-0.39, 0.29) is 42.9 Å². The van der Waals surface area contributed by atoms with Crippen molar-refractivity contribution in [1.82, 2.24) is 9.80 Å². The number of nitrogens with one attached hydrogen (secondary N) is 1. The van der Waals surface area contributed by atoms with Crippen LogP contribution in [-0.4, -0.2) is 58.6 Å². The SMILES string of the molecule is O=C(Nc1cccc(F)c1)N1CC(=O)N2[C@H](CO)[C@@H](c3ccc(-c4cccc(F)c4)cc3)[C@H]2C1. The largest absolute Gasteiger partial charge is 0.394 e. The molecule has 0 radical (unpaired) electrons. The minimum Gasteiger partial charge on any atom is -0.394 e. The van der Waals surface area contributed by atoms with Crippen LogP contribution in [0, 0.1) is 11.6 Å². The van der Waals surface area contributed by atoms with Gasteiger partial charge in [-0.3, -0.25) is 4.79 Å². The second kappa shape index (κ2) is 8.87. The van der Waals surface area contributed by atoms with Gasteiger partial charge in [-0.15, -0.1) is 0 Å². The molecule has 5 rings (SSSR count). The lowest BCUT2D eigenvalue weighted by molar-refractivity contribution is -0.159. The van der Waals surface area contributed by atoms with E-state index >= 15 is 0 Å². The first-order chi connectivity index (χ1) is 16.4. The Morgan fingerprint density at radius 2 is 1.68 bits per heavy atom. The molecule has 0 saturated carbocycles. The quantitative estimate of drug-likeness (QED) is 0.618. The third-order valence-electron chi connectivity index (χ3n) is 6.57. The van der Waals surface area contributed by atoms with E-state index in [1.165, 1.54) is 35.2 Å². The Morgan fingerprint density at radius 1 is 0.971 bits per heavy atom. The summed E-state index contributed by atoms with van der Waals surface area (Å²) in [5.74, 6) is -1.17. The number of amides is 3. The zero-order valence-electron chi connectivity index (χ0n) is 18.2. The Bertz CT molecular complexity index is 1230. The summed E-state index contributed by atoms with van der Waals surface area (Å²) in [7, 11) is 0. The number of carbonyl (C=O) groups excluding carboxylic acids is 2. The fourth-order valence-corrected chi connectivity index (χ4v) is 4.99. The third-order valence-corrected chi connectivity index (χ3v) is 6.57. The van der Waals surface area contributed by atoms with Crippen molar-refractivity contribution >= 4 is 17.6 Å². The van der Waals surface area contributed by atoms with Gasteiger partial charge in [0.2, 0.25) is 5.91 Å². The topological polar surface area (TPSA) is 72.9 Å². The number of anilines is 1. The molecule has 6 nitrogen and oxygen atoms in total. The third kappa shape index (κ3) is 4.01. The highest BCUT2D eigenvalue weighted by molar-refractivity contribution is 5.93. The average molecular weight is 463 g/mol. The van der Waals surface area contributed by atoms with Crippen LogP contribution in [0.1, 0.15) is 11.5 Å². The number of fused-ring (bicyclic) bond motifs is 1.